The Bertz CT molecular complexity index is 408. The predicted molar refractivity (Wildman–Crippen MR) is 68.4 cm³/mol. The zero-order chi connectivity index (χ0) is 12.1. The molecule has 17 heavy (non-hydrogen) atoms. The number of nitrogens with one attached hydrogen (secondary N) is 1. The molecule has 0 spiro atoms. The van der Waals surface area contributed by atoms with Gasteiger partial charge in [0.25, 0.3) is 5.56 Å². The minimum Gasteiger partial charge on any atom is -0.384 e. The average molecular weight is 236 g/mol. The van der Waals surface area contributed by atoms with Gasteiger partial charge in [0.1, 0.15) is 0 Å². The molecule has 1 N–H and O–H groups in total. The number of pyridine rings is 1. The van der Waals surface area contributed by atoms with Gasteiger partial charge < -0.3 is 14.6 Å². The number of aromatic nitrogens is 1. The van der Waals surface area contributed by atoms with Gasteiger partial charge in [0.15, 0.2) is 0 Å². The van der Waals surface area contributed by atoms with Crippen molar-refractivity contribution >= 4 is 5.69 Å². The van der Waals surface area contributed by atoms with Crippen molar-refractivity contribution in [3.05, 3.63) is 28.7 Å². The van der Waals surface area contributed by atoms with Crippen LogP contribution in [0.15, 0.2) is 23.1 Å². The Labute approximate surface area is 102 Å². The number of rotatable bonds is 4. The van der Waals surface area contributed by atoms with E-state index >= 15 is 0 Å². The number of ether oxygens (including phenoxy) is 1. The van der Waals surface area contributed by atoms with E-state index in [9.17, 15) is 4.79 Å². The van der Waals surface area contributed by atoms with E-state index in [4.69, 9.17) is 4.74 Å². The lowest BCUT2D eigenvalue weighted by Gasteiger charge is -2.22. The van der Waals surface area contributed by atoms with Crippen LogP contribution in [0.1, 0.15) is 19.8 Å². The summed E-state index contributed by atoms with van der Waals surface area (Å²) >= 11 is 0. The van der Waals surface area contributed by atoms with Crippen LogP contribution in [0.5, 0.6) is 0 Å². The van der Waals surface area contributed by atoms with Crippen molar-refractivity contribution in [1.82, 2.24) is 4.57 Å². The highest BCUT2D eigenvalue weighted by atomic mass is 16.5. The topological polar surface area (TPSA) is 43.3 Å². The normalized spacial score (nSPS) is 17.0. The molecule has 1 fully saturated rings. The third-order valence-corrected chi connectivity index (χ3v) is 3.26. The molecule has 2 heterocycles. The summed E-state index contributed by atoms with van der Waals surface area (Å²) < 4.78 is 7.05. The molecule has 0 aromatic carbocycles. The average Bonchev–Trinajstić information content (AvgIpc) is 2.39. The van der Waals surface area contributed by atoms with Gasteiger partial charge in [-0.3, -0.25) is 4.79 Å². The summed E-state index contributed by atoms with van der Waals surface area (Å²) in [4.78, 5) is 11.4. The highest BCUT2D eigenvalue weighted by Gasteiger charge is 2.13. The van der Waals surface area contributed by atoms with E-state index in [2.05, 4.69) is 5.32 Å². The van der Waals surface area contributed by atoms with Gasteiger partial charge in [-0.1, -0.05) is 0 Å². The number of nitrogens with zero attached hydrogens (tertiary/aromatic N) is 1. The maximum absolute atomic E-state index is 11.4. The number of aryl methyl sites for hydroxylation is 1. The molecule has 1 aliphatic heterocycles. The van der Waals surface area contributed by atoms with Crippen LogP contribution in [0.2, 0.25) is 0 Å². The van der Waals surface area contributed by atoms with E-state index in [1.54, 1.807) is 10.6 Å². The van der Waals surface area contributed by atoms with Gasteiger partial charge in [0.2, 0.25) is 0 Å². The van der Waals surface area contributed by atoms with Gasteiger partial charge in [-0.15, -0.1) is 0 Å². The Hall–Kier alpha value is -1.29. The summed E-state index contributed by atoms with van der Waals surface area (Å²) in [7, 11) is 0. The largest absolute Gasteiger partial charge is 0.384 e. The fraction of sp³-hybridized carbons (Fsp3) is 0.615. The van der Waals surface area contributed by atoms with Crippen molar-refractivity contribution in [2.24, 2.45) is 5.92 Å². The Morgan fingerprint density at radius 1 is 1.41 bits per heavy atom. The molecule has 0 bridgehead atoms. The molecule has 94 valence electrons. The molecule has 0 saturated carbocycles. The highest BCUT2D eigenvalue weighted by molar-refractivity contribution is 5.40. The predicted octanol–water partition coefficient (Wildman–Crippen LogP) is 1.71. The van der Waals surface area contributed by atoms with Gasteiger partial charge in [0.05, 0.1) is 5.69 Å². The minimum atomic E-state index is 0.0594. The van der Waals surface area contributed by atoms with E-state index in [1.807, 2.05) is 19.2 Å². The molecular weight excluding hydrogens is 216 g/mol. The first-order chi connectivity index (χ1) is 8.29. The lowest BCUT2D eigenvalue weighted by Crippen LogP contribution is -2.23. The van der Waals surface area contributed by atoms with E-state index in [0.717, 1.165) is 38.3 Å². The van der Waals surface area contributed by atoms with Crippen LogP contribution in [0.3, 0.4) is 0 Å². The van der Waals surface area contributed by atoms with E-state index < -0.39 is 0 Å². The van der Waals surface area contributed by atoms with Gasteiger partial charge in [-0.05, 0) is 31.7 Å². The zero-order valence-corrected chi connectivity index (χ0v) is 10.3. The molecule has 0 aliphatic carbocycles. The molecule has 0 radical (unpaired) electrons. The van der Waals surface area contributed by atoms with Crippen molar-refractivity contribution in [2.75, 3.05) is 25.1 Å². The highest BCUT2D eigenvalue weighted by Crippen LogP contribution is 2.15. The zero-order valence-electron chi connectivity index (χ0n) is 10.3. The summed E-state index contributed by atoms with van der Waals surface area (Å²) in [6, 6.07) is 3.48. The summed E-state index contributed by atoms with van der Waals surface area (Å²) in [5, 5.41) is 3.40. The molecule has 2 rings (SSSR count). The Morgan fingerprint density at radius 3 is 2.88 bits per heavy atom. The summed E-state index contributed by atoms with van der Waals surface area (Å²) in [5.41, 5.74) is 1.09. The van der Waals surface area contributed by atoms with Gasteiger partial charge in [-0.25, -0.2) is 0 Å². The first-order valence-corrected chi connectivity index (χ1v) is 6.31. The van der Waals surface area contributed by atoms with Crippen LogP contribution in [0, 0.1) is 5.92 Å². The SMILES string of the molecule is CCn1cc(NCC2CCOCC2)ccc1=O. The minimum absolute atomic E-state index is 0.0594. The Morgan fingerprint density at radius 2 is 2.18 bits per heavy atom. The Balaban J connectivity index is 1.91. The Kier molecular flexibility index (Phi) is 4.20. The number of anilines is 1. The second-order valence-corrected chi connectivity index (χ2v) is 4.48. The fourth-order valence-electron chi connectivity index (χ4n) is 2.10. The second-order valence-electron chi connectivity index (χ2n) is 4.48. The van der Waals surface area contributed by atoms with Crippen molar-refractivity contribution < 1.29 is 4.74 Å². The molecule has 4 nitrogen and oxygen atoms in total. The molecule has 1 saturated heterocycles. The summed E-state index contributed by atoms with van der Waals surface area (Å²) in [6.07, 6.45) is 4.14. The van der Waals surface area contributed by atoms with Crippen LogP contribution in [0.25, 0.3) is 0 Å². The first-order valence-electron chi connectivity index (χ1n) is 6.31. The summed E-state index contributed by atoms with van der Waals surface area (Å²) in [5.74, 6) is 0.686. The van der Waals surface area contributed by atoms with Crippen molar-refractivity contribution in [2.45, 2.75) is 26.3 Å². The molecule has 0 unspecified atom stereocenters. The van der Waals surface area contributed by atoms with Crippen LogP contribution < -0.4 is 10.9 Å². The van der Waals surface area contributed by atoms with E-state index in [1.165, 1.54) is 0 Å². The maximum Gasteiger partial charge on any atom is 0.250 e. The monoisotopic (exact) mass is 236 g/mol. The van der Waals surface area contributed by atoms with E-state index in [0.29, 0.717) is 12.5 Å². The molecular formula is C13H20N2O2. The fourth-order valence-corrected chi connectivity index (χ4v) is 2.10. The van der Waals surface area contributed by atoms with Crippen molar-refractivity contribution in [1.29, 1.82) is 0 Å². The molecule has 1 aromatic heterocycles. The molecule has 4 heteroatoms. The first kappa shape index (κ1) is 12.2. The lowest BCUT2D eigenvalue weighted by atomic mass is 10.0. The van der Waals surface area contributed by atoms with Crippen LogP contribution in [-0.4, -0.2) is 24.3 Å². The molecule has 0 amide bonds. The van der Waals surface area contributed by atoms with Gasteiger partial charge >= 0.3 is 0 Å². The van der Waals surface area contributed by atoms with Gasteiger partial charge in [-0.2, -0.15) is 0 Å². The molecule has 0 atom stereocenters. The number of hydrogen-bond acceptors (Lipinski definition) is 3. The van der Waals surface area contributed by atoms with Gasteiger partial charge in [0, 0.05) is 38.6 Å². The second kappa shape index (κ2) is 5.87. The lowest BCUT2D eigenvalue weighted by molar-refractivity contribution is 0.0699. The van der Waals surface area contributed by atoms with E-state index in [-0.39, 0.29) is 5.56 Å². The smallest absolute Gasteiger partial charge is 0.250 e. The molecule has 1 aromatic rings. The number of hydrogen-bond donors (Lipinski definition) is 1. The standard InChI is InChI=1S/C13H20N2O2/c1-2-15-10-12(3-4-13(15)16)14-9-11-5-7-17-8-6-11/h3-4,10-11,14H,2,5-9H2,1H3. The maximum atomic E-state index is 11.4. The van der Waals surface area contributed by atoms with Crippen molar-refractivity contribution in [3.63, 3.8) is 0 Å². The van der Waals surface area contributed by atoms with Crippen LogP contribution in [-0.2, 0) is 11.3 Å². The van der Waals surface area contributed by atoms with Crippen molar-refractivity contribution in [3.8, 4) is 0 Å². The third kappa shape index (κ3) is 3.33. The van der Waals surface area contributed by atoms with Crippen LogP contribution >= 0.6 is 0 Å². The summed E-state index contributed by atoms with van der Waals surface area (Å²) in [6.45, 7) is 5.40. The van der Waals surface area contributed by atoms with Crippen LogP contribution in [0.4, 0.5) is 5.69 Å². The third-order valence-electron chi connectivity index (χ3n) is 3.26. The molecule has 1 aliphatic rings. The quantitative estimate of drug-likeness (QED) is 0.865.